The van der Waals surface area contributed by atoms with Crippen LogP contribution in [0.2, 0.25) is 0 Å². The van der Waals surface area contributed by atoms with E-state index in [1.54, 1.807) is 19.5 Å². The standard InChI is InChI=1S/C24H22N2O4/c1-15-3-5-18(11-20(15)16-9-19(28-2)13-25-12-16)26-23(27)24(7-8-24)17-4-6-21-22(10-17)30-14-29-21/h3-6,9-13H,7-8,14H2,1-2H3,(H,26,27). The number of hydrogen-bond acceptors (Lipinski definition) is 5. The number of nitrogens with zero attached hydrogens (tertiary/aromatic N) is 1. The molecule has 1 saturated carbocycles. The maximum absolute atomic E-state index is 13.2. The van der Waals surface area contributed by atoms with Gasteiger partial charge in [-0.1, -0.05) is 12.1 Å². The van der Waals surface area contributed by atoms with E-state index < -0.39 is 5.41 Å². The van der Waals surface area contributed by atoms with Crippen molar-refractivity contribution in [3.8, 4) is 28.4 Å². The van der Waals surface area contributed by atoms with Gasteiger partial charge in [0.25, 0.3) is 0 Å². The summed E-state index contributed by atoms with van der Waals surface area (Å²) in [5.74, 6) is 2.13. The van der Waals surface area contributed by atoms with Gasteiger partial charge in [0.15, 0.2) is 11.5 Å². The Morgan fingerprint density at radius 3 is 2.70 bits per heavy atom. The van der Waals surface area contributed by atoms with Crippen LogP contribution < -0.4 is 19.5 Å². The number of methoxy groups -OCH3 is 1. The Kier molecular flexibility index (Phi) is 4.35. The van der Waals surface area contributed by atoms with Gasteiger partial charge in [0.2, 0.25) is 12.7 Å². The summed E-state index contributed by atoms with van der Waals surface area (Å²) in [6.45, 7) is 2.26. The van der Waals surface area contributed by atoms with E-state index in [1.807, 2.05) is 49.4 Å². The minimum absolute atomic E-state index is 0.0000596. The van der Waals surface area contributed by atoms with Crippen LogP contribution in [0.25, 0.3) is 11.1 Å². The monoisotopic (exact) mass is 402 g/mol. The van der Waals surface area contributed by atoms with Crippen molar-refractivity contribution in [3.63, 3.8) is 0 Å². The Hall–Kier alpha value is -3.54. The summed E-state index contributed by atoms with van der Waals surface area (Å²) in [5.41, 5.74) is 4.26. The Balaban J connectivity index is 1.41. The lowest BCUT2D eigenvalue weighted by atomic mass is 9.94. The summed E-state index contributed by atoms with van der Waals surface area (Å²) in [5, 5.41) is 3.11. The number of amides is 1. The zero-order valence-electron chi connectivity index (χ0n) is 16.9. The van der Waals surface area contributed by atoms with Crippen molar-refractivity contribution < 1.29 is 19.0 Å². The van der Waals surface area contributed by atoms with Gasteiger partial charge in [0.1, 0.15) is 5.75 Å². The van der Waals surface area contributed by atoms with E-state index in [2.05, 4.69) is 10.3 Å². The van der Waals surface area contributed by atoms with Crippen LogP contribution in [0.5, 0.6) is 17.2 Å². The Labute approximate surface area is 174 Å². The number of benzene rings is 2. The number of carbonyl (C=O) groups is 1. The average Bonchev–Trinajstić information content (AvgIpc) is 3.46. The number of ether oxygens (including phenoxy) is 3. The van der Waals surface area contributed by atoms with Crippen molar-refractivity contribution in [1.82, 2.24) is 4.98 Å². The van der Waals surface area contributed by atoms with E-state index in [1.165, 1.54) is 0 Å². The predicted octanol–water partition coefficient (Wildman–Crippen LogP) is 4.46. The van der Waals surface area contributed by atoms with Crippen LogP contribution in [0.3, 0.4) is 0 Å². The molecular formula is C24H22N2O4. The molecule has 6 heteroatoms. The van der Waals surface area contributed by atoms with Gasteiger partial charge in [0.05, 0.1) is 18.7 Å². The summed E-state index contributed by atoms with van der Waals surface area (Å²) in [7, 11) is 1.62. The number of hydrogen-bond donors (Lipinski definition) is 1. The molecule has 6 nitrogen and oxygen atoms in total. The summed E-state index contributed by atoms with van der Waals surface area (Å²) < 4.78 is 16.2. The molecule has 5 rings (SSSR count). The minimum atomic E-state index is -0.510. The van der Waals surface area contributed by atoms with Crippen molar-refractivity contribution in [3.05, 3.63) is 66.0 Å². The zero-order chi connectivity index (χ0) is 20.7. The normalized spacial score (nSPS) is 15.5. The zero-order valence-corrected chi connectivity index (χ0v) is 16.9. The molecule has 1 aromatic heterocycles. The van der Waals surface area contributed by atoms with Gasteiger partial charge < -0.3 is 19.5 Å². The molecule has 2 aliphatic rings. The molecule has 0 unspecified atom stereocenters. The van der Waals surface area contributed by atoms with E-state index >= 15 is 0 Å². The molecule has 1 N–H and O–H groups in total. The number of pyridine rings is 1. The van der Waals surface area contributed by atoms with E-state index in [4.69, 9.17) is 14.2 Å². The second-order valence-corrected chi connectivity index (χ2v) is 7.75. The summed E-state index contributed by atoms with van der Waals surface area (Å²) >= 11 is 0. The molecule has 0 spiro atoms. The van der Waals surface area contributed by atoms with Gasteiger partial charge >= 0.3 is 0 Å². The van der Waals surface area contributed by atoms with Gasteiger partial charge in [-0.3, -0.25) is 9.78 Å². The first-order valence-corrected chi connectivity index (χ1v) is 9.91. The van der Waals surface area contributed by atoms with Crippen LogP contribution in [-0.4, -0.2) is 24.8 Å². The first kappa shape index (κ1) is 18.5. The average molecular weight is 402 g/mol. The van der Waals surface area contributed by atoms with Crippen molar-refractivity contribution in [2.45, 2.75) is 25.2 Å². The number of anilines is 1. The largest absolute Gasteiger partial charge is 0.495 e. The lowest BCUT2D eigenvalue weighted by Crippen LogP contribution is -2.27. The van der Waals surface area contributed by atoms with E-state index in [-0.39, 0.29) is 12.7 Å². The third-order valence-electron chi connectivity index (χ3n) is 5.87. The number of rotatable bonds is 5. The molecule has 152 valence electrons. The number of carbonyl (C=O) groups excluding carboxylic acids is 1. The summed E-state index contributed by atoms with van der Waals surface area (Å²) in [4.78, 5) is 17.5. The highest BCUT2D eigenvalue weighted by Gasteiger charge is 2.51. The highest BCUT2D eigenvalue weighted by molar-refractivity contribution is 6.02. The van der Waals surface area contributed by atoms with Crippen LogP contribution in [0.1, 0.15) is 24.0 Å². The summed E-state index contributed by atoms with van der Waals surface area (Å²) in [6, 6.07) is 13.6. The SMILES string of the molecule is COc1cncc(-c2cc(NC(=O)C3(c4ccc5c(c4)OCO5)CC3)ccc2C)c1. The van der Waals surface area contributed by atoms with E-state index in [0.717, 1.165) is 46.5 Å². The molecule has 0 radical (unpaired) electrons. The van der Waals surface area contributed by atoms with Crippen molar-refractivity contribution >= 4 is 11.6 Å². The maximum Gasteiger partial charge on any atom is 0.235 e. The molecule has 0 bridgehead atoms. The maximum atomic E-state index is 13.2. The van der Waals surface area contributed by atoms with Crippen LogP contribution in [0, 0.1) is 6.92 Å². The predicted molar refractivity (Wildman–Crippen MR) is 113 cm³/mol. The van der Waals surface area contributed by atoms with Crippen LogP contribution >= 0.6 is 0 Å². The topological polar surface area (TPSA) is 69.7 Å². The molecule has 0 atom stereocenters. The second kappa shape index (κ2) is 7.06. The van der Waals surface area contributed by atoms with Gasteiger partial charge in [-0.05, 0) is 66.8 Å². The number of aryl methyl sites for hydroxylation is 1. The lowest BCUT2D eigenvalue weighted by molar-refractivity contribution is -0.118. The van der Waals surface area contributed by atoms with Crippen molar-refractivity contribution in [2.24, 2.45) is 0 Å². The molecule has 1 fully saturated rings. The Bertz CT molecular complexity index is 1140. The quantitative estimate of drug-likeness (QED) is 0.682. The van der Waals surface area contributed by atoms with Crippen molar-refractivity contribution in [1.29, 1.82) is 0 Å². The first-order valence-electron chi connectivity index (χ1n) is 9.91. The third-order valence-corrected chi connectivity index (χ3v) is 5.87. The number of nitrogens with one attached hydrogen (secondary N) is 1. The smallest absolute Gasteiger partial charge is 0.235 e. The van der Waals surface area contributed by atoms with Crippen LogP contribution in [-0.2, 0) is 10.2 Å². The number of fused-ring (bicyclic) bond motifs is 1. The van der Waals surface area contributed by atoms with Gasteiger partial charge in [-0.2, -0.15) is 0 Å². The van der Waals surface area contributed by atoms with Crippen LogP contribution in [0.15, 0.2) is 54.9 Å². The lowest BCUT2D eigenvalue weighted by Gasteiger charge is -2.17. The fourth-order valence-corrected chi connectivity index (χ4v) is 3.91. The fourth-order valence-electron chi connectivity index (χ4n) is 3.91. The Morgan fingerprint density at radius 1 is 1.07 bits per heavy atom. The number of aromatic nitrogens is 1. The van der Waals surface area contributed by atoms with Gasteiger partial charge in [-0.25, -0.2) is 0 Å². The van der Waals surface area contributed by atoms with E-state index in [9.17, 15) is 4.79 Å². The minimum Gasteiger partial charge on any atom is -0.495 e. The highest BCUT2D eigenvalue weighted by atomic mass is 16.7. The fraction of sp³-hybridized carbons (Fsp3) is 0.250. The molecule has 3 aromatic rings. The molecule has 0 saturated heterocycles. The van der Waals surface area contributed by atoms with E-state index in [0.29, 0.717) is 11.5 Å². The second-order valence-electron chi connectivity index (χ2n) is 7.75. The third kappa shape index (κ3) is 3.14. The molecule has 1 amide bonds. The molecule has 1 aliphatic carbocycles. The molecule has 2 heterocycles. The highest BCUT2D eigenvalue weighted by Crippen LogP contribution is 2.51. The molecule has 1 aliphatic heterocycles. The first-order chi connectivity index (χ1) is 14.6. The molecular weight excluding hydrogens is 380 g/mol. The van der Waals surface area contributed by atoms with Gasteiger partial charge in [0, 0.05) is 17.4 Å². The van der Waals surface area contributed by atoms with Crippen LogP contribution in [0.4, 0.5) is 5.69 Å². The Morgan fingerprint density at radius 2 is 1.90 bits per heavy atom. The summed E-state index contributed by atoms with van der Waals surface area (Å²) in [6.07, 6.45) is 5.10. The molecule has 2 aromatic carbocycles. The molecule has 30 heavy (non-hydrogen) atoms. The van der Waals surface area contributed by atoms with Gasteiger partial charge in [-0.15, -0.1) is 0 Å². The van der Waals surface area contributed by atoms with Crippen molar-refractivity contribution in [2.75, 3.05) is 19.2 Å².